The van der Waals surface area contributed by atoms with Crippen LogP contribution < -0.4 is 4.90 Å². The third-order valence-electron chi connectivity index (χ3n) is 3.59. The molecule has 0 radical (unpaired) electrons. The summed E-state index contributed by atoms with van der Waals surface area (Å²) in [4.78, 5) is 13.9. The molecule has 1 aromatic carbocycles. The fourth-order valence-corrected chi connectivity index (χ4v) is 3.75. The maximum Gasteiger partial charge on any atom is 0.228 e. The molecule has 0 N–H and O–H groups in total. The minimum atomic E-state index is -3.22. The van der Waals surface area contributed by atoms with Crippen LogP contribution in [0.15, 0.2) is 29.7 Å². The molecule has 0 bridgehead atoms. The highest BCUT2D eigenvalue weighted by Crippen LogP contribution is 2.25. The van der Waals surface area contributed by atoms with Crippen molar-refractivity contribution < 1.29 is 13.2 Å². The molecule has 0 spiro atoms. The molecule has 0 unspecified atom stereocenters. The average Bonchev–Trinajstić information content (AvgIpc) is 2.74. The molecule has 0 saturated carbocycles. The molecule has 1 atom stereocenters. The highest BCUT2D eigenvalue weighted by molar-refractivity contribution is 7.94. The van der Waals surface area contributed by atoms with Gasteiger partial charge < -0.3 is 4.90 Å². The number of carbonyl (C=O) groups is 1. The van der Waals surface area contributed by atoms with Gasteiger partial charge in [-0.25, -0.2) is 8.42 Å². The summed E-state index contributed by atoms with van der Waals surface area (Å²) in [7, 11) is -3.22. The SMILES string of the molecule is Cc1ccc(N(C(=O)CCCl)[C@@H]2C=CS(=O)(=O)C2)cc1C. The molecule has 0 aliphatic carbocycles. The second-order valence-corrected chi connectivity index (χ2v) is 7.51. The normalized spacial score (nSPS) is 19.7. The average molecular weight is 328 g/mol. The zero-order valence-corrected chi connectivity index (χ0v) is 13.6. The number of rotatable bonds is 4. The molecule has 6 heteroatoms. The number of carbonyl (C=O) groups excluding carboxylic acids is 1. The monoisotopic (exact) mass is 327 g/mol. The van der Waals surface area contributed by atoms with Crippen molar-refractivity contribution in [1.82, 2.24) is 0 Å². The lowest BCUT2D eigenvalue weighted by molar-refractivity contribution is -0.118. The van der Waals surface area contributed by atoms with Crippen LogP contribution in [0.4, 0.5) is 5.69 Å². The summed E-state index contributed by atoms with van der Waals surface area (Å²) in [6, 6.07) is 5.21. The lowest BCUT2D eigenvalue weighted by atomic mass is 10.1. The zero-order chi connectivity index (χ0) is 15.6. The number of amides is 1. The van der Waals surface area contributed by atoms with E-state index in [1.807, 2.05) is 32.0 Å². The van der Waals surface area contributed by atoms with Gasteiger partial charge in [0.15, 0.2) is 9.84 Å². The fraction of sp³-hybridized carbons (Fsp3) is 0.400. The number of anilines is 1. The van der Waals surface area contributed by atoms with Crippen LogP contribution in [-0.4, -0.2) is 32.0 Å². The molecule has 0 saturated heterocycles. The summed E-state index contributed by atoms with van der Waals surface area (Å²) >= 11 is 5.66. The molecule has 1 heterocycles. The Hall–Kier alpha value is -1.33. The molecular weight excluding hydrogens is 310 g/mol. The van der Waals surface area contributed by atoms with Gasteiger partial charge in [0.05, 0.1) is 11.8 Å². The quantitative estimate of drug-likeness (QED) is 0.799. The highest BCUT2D eigenvalue weighted by Gasteiger charge is 2.31. The zero-order valence-electron chi connectivity index (χ0n) is 12.0. The minimum Gasteiger partial charge on any atom is -0.304 e. The molecule has 2 rings (SSSR count). The summed E-state index contributed by atoms with van der Waals surface area (Å²) < 4.78 is 23.3. The van der Waals surface area contributed by atoms with Gasteiger partial charge in [0.1, 0.15) is 0 Å². The van der Waals surface area contributed by atoms with Crippen molar-refractivity contribution >= 4 is 33.0 Å². The molecule has 4 nitrogen and oxygen atoms in total. The maximum atomic E-state index is 12.4. The largest absolute Gasteiger partial charge is 0.304 e. The second-order valence-electron chi connectivity index (χ2n) is 5.20. The van der Waals surface area contributed by atoms with E-state index in [1.54, 1.807) is 6.08 Å². The van der Waals surface area contributed by atoms with Crippen molar-refractivity contribution in [3.05, 3.63) is 40.8 Å². The van der Waals surface area contributed by atoms with Gasteiger partial charge in [0, 0.05) is 23.4 Å². The fourth-order valence-electron chi connectivity index (χ4n) is 2.32. The Labute approximate surface area is 130 Å². The van der Waals surface area contributed by atoms with Crippen LogP contribution in [0.2, 0.25) is 0 Å². The van der Waals surface area contributed by atoms with Gasteiger partial charge >= 0.3 is 0 Å². The van der Waals surface area contributed by atoms with Crippen LogP contribution in [-0.2, 0) is 14.6 Å². The van der Waals surface area contributed by atoms with Crippen LogP contribution in [0.5, 0.6) is 0 Å². The van der Waals surface area contributed by atoms with E-state index < -0.39 is 15.9 Å². The number of alkyl halides is 1. The Balaban J connectivity index is 2.39. The van der Waals surface area contributed by atoms with Gasteiger partial charge in [-0.1, -0.05) is 6.07 Å². The summed E-state index contributed by atoms with van der Waals surface area (Å²) in [6.07, 6.45) is 1.75. The number of hydrogen-bond acceptors (Lipinski definition) is 3. The highest BCUT2D eigenvalue weighted by atomic mass is 35.5. The van der Waals surface area contributed by atoms with E-state index in [9.17, 15) is 13.2 Å². The first-order chi connectivity index (χ1) is 9.84. The third-order valence-corrected chi connectivity index (χ3v) is 5.16. The summed E-state index contributed by atoms with van der Waals surface area (Å²) in [5.74, 6) is -0.0304. The molecule has 0 aromatic heterocycles. The van der Waals surface area contributed by atoms with Gasteiger partial charge in [-0.2, -0.15) is 0 Å². The maximum absolute atomic E-state index is 12.4. The van der Waals surface area contributed by atoms with Crippen LogP contribution in [0.25, 0.3) is 0 Å². The van der Waals surface area contributed by atoms with E-state index in [1.165, 1.54) is 10.3 Å². The van der Waals surface area contributed by atoms with Crippen molar-refractivity contribution in [2.24, 2.45) is 0 Å². The van der Waals surface area contributed by atoms with Crippen LogP contribution >= 0.6 is 11.6 Å². The molecule has 1 aliphatic heterocycles. The first kappa shape index (κ1) is 16.0. The molecule has 21 heavy (non-hydrogen) atoms. The van der Waals surface area contributed by atoms with E-state index >= 15 is 0 Å². The minimum absolute atomic E-state index is 0.0754. The predicted molar refractivity (Wildman–Crippen MR) is 85.5 cm³/mol. The Morgan fingerprint density at radius 2 is 2.05 bits per heavy atom. The molecule has 1 amide bonds. The van der Waals surface area contributed by atoms with Crippen molar-refractivity contribution in [1.29, 1.82) is 0 Å². The number of hydrogen-bond donors (Lipinski definition) is 0. The van der Waals surface area contributed by atoms with Gasteiger partial charge in [-0.3, -0.25) is 4.79 Å². The standard InChI is InChI=1S/C15H18ClNO3S/c1-11-3-4-13(9-12(11)2)17(15(18)5-7-16)14-6-8-21(19,20)10-14/h3-4,6,8-9,14H,5,7,10H2,1-2H3/t14-/m1/s1. The van der Waals surface area contributed by atoms with E-state index in [-0.39, 0.29) is 24.0 Å². The van der Waals surface area contributed by atoms with E-state index in [4.69, 9.17) is 11.6 Å². The predicted octanol–water partition coefficient (Wildman–Crippen LogP) is 2.58. The Morgan fingerprint density at radius 1 is 1.33 bits per heavy atom. The molecule has 1 aromatic rings. The van der Waals surface area contributed by atoms with E-state index in [0.717, 1.165) is 11.1 Å². The van der Waals surface area contributed by atoms with Crippen LogP contribution in [0, 0.1) is 13.8 Å². The van der Waals surface area contributed by atoms with Crippen molar-refractivity contribution in [3.8, 4) is 0 Å². The molecular formula is C15H18ClNO3S. The lowest BCUT2D eigenvalue weighted by Crippen LogP contribution is -2.41. The molecule has 0 fully saturated rings. The second kappa shape index (κ2) is 6.20. The number of halogens is 1. The smallest absolute Gasteiger partial charge is 0.228 e. The number of aryl methyl sites for hydroxylation is 2. The van der Waals surface area contributed by atoms with Gasteiger partial charge in [0.25, 0.3) is 0 Å². The van der Waals surface area contributed by atoms with Crippen molar-refractivity contribution in [2.75, 3.05) is 16.5 Å². The molecule has 1 aliphatic rings. The number of nitrogens with zero attached hydrogens (tertiary/aromatic N) is 1. The first-order valence-electron chi connectivity index (χ1n) is 6.70. The Morgan fingerprint density at radius 3 is 2.57 bits per heavy atom. The van der Waals surface area contributed by atoms with Gasteiger partial charge in [-0.05, 0) is 43.2 Å². The van der Waals surface area contributed by atoms with E-state index in [0.29, 0.717) is 5.69 Å². The van der Waals surface area contributed by atoms with E-state index in [2.05, 4.69) is 0 Å². The van der Waals surface area contributed by atoms with Crippen molar-refractivity contribution in [2.45, 2.75) is 26.3 Å². The van der Waals surface area contributed by atoms with Crippen LogP contribution in [0.1, 0.15) is 17.5 Å². The summed E-state index contributed by atoms with van der Waals surface area (Å²) in [5.41, 5.74) is 2.89. The molecule has 114 valence electrons. The Kier molecular flexibility index (Phi) is 4.74. The summed E-state index contributed by atoms with van der Waals surface area (Å²) in [5, 5.41) is 1.18. The Bertz CT molecular complexity index is 682. The third kappa shape index (κ3) is 3.66. The lowest BCUT2D eigenvalue weighted by Gasteiger charge is -2.28. The van der Waals surface area contributed by atoms with Crippen molar-refractivity contribution in [3.63, 3.8) is 0 Å². The number of sulfone groups is 1. The first-order valence-corrected chi connectivity index (χ1v) is 8.95. The topological polar surface area (TPSA) is 54.5 Å². The van der Waals surface area contributed by atoms with Gasteiger partial charge in [0.2, 0.25) is 5.91 Å². The van der Waals surface area contributed by atoms with Gasteiger partial charge in [-0.15, -0.1) is 11.6 Å². The number of benzene rings is 1. The van der Waals surface area contributed by atoms with Crippen LogP contribution in [0.3, 0.4) is 0 Å². The summed E-state index contributed by atoms with van der Waals surface area (Å²) in [6.45, 7) is 3.95.